The summed E-state index contributed by atoms with van der Waals surface area (Å²) in [4.78, 5) is 27.1. The molecule has 0 radical (unpaired) electrons. The van der Waals surface area contributed by atoms with Crippen LogP contribution in [0, 0.1) is 6.92 Å². The second-order valence-electron chi connectivity index (χ2n) is 5.77. The first-order valence-electron chi connectivity index (χ1n) is 7.37. The highest BCUT2D eigenvalue weighted by Crippen LogP contribution is 2.31. The summed E-state index contributed by atoms with van der Waals surface area (Å²) >= 11 is 0. The molecule has 1 heterocycles. The van der Waals surface area contributed by atoms with E-state index in [1.54, 1.807) is 17.0 Å². The molecule has 1 aliphatic heterocycles. The summed E-state index contributed by atoms with van der Waals surface area (Å²) in [5.74, 6) is -0.0948. The van der Waals surface area contributed by atoms with Gasteiger partial charge in [0.05, 0.1) is 11.7 Å². The Morgan fingerprint density at radius 2 is 1.82 bits per heavy atom. The summed E-state index contributed by atoms with van der Waals surface area (Å²) in [5, 5.41) is 0. The van der Waals surface area contributed by atoms with Crippen LogP contribution >= 0.6 is 0 Å². The Bertz CT molecular complexity index is 740. The van der Waals surface area contributed by atoms with Gasteiger partial charge in [0, 0.05) is 11.1 Å². The van der Waals surface area contributed by atoms with Crippen molar-refractivity contribution in [3.8, 4) is 0 Å². The van der Waals surface area contributed by atoms with Crippen molar-refractivity contribution in [2.24, 2.45) is 0 Å². The first kappa shape index (κ1) is 14.5. The number of hydrogen-bond donors (Lipinski definition) is 1. The number of benzene rings is 2. The Morgan fingerprint density at radius 1 is 1.14 bits per heavy atom. The van der Waals surface area contributed by atoms with Crippen LogP contribution in [-0.4, -0.2) is 23.8 Å². The van der Waals surface area contributed by atoms with E-state index in [1.165, 1.54) is 0 Å². The van der Waals surface area contributed by atoms with Gasteiger partial charge in [-0.05, 0) is 38.1 Å². The number of quaternary nitrogens is 1. The lowest BCUT2D eigenvalue weighted by atomic mass is 9.89. The summed E-state index contributed by atoms with van der Waals surface area (Å²) in [5.41, 5.74) is 6.85. The van der Waals surface area contributed by atoms with Crippen molar-refractivity contribution in [3.05, 3.63) is 65.2 Å². The molecule has 2 atom stereocenters. The highest BCUT2D eigenvalue weighted by atomic mass is 16.2. The fourth-order valence-electron chi connectivity index (χ4n) is 2.89. The maximum Gasteiger partial charge on any atom is 0.258 e. The Morgan fingerprint density at radius 3 is 2.50 bits per heavy atom. The molecule has 4 heteroatoms. The first-order chi connectivity index (χ1) is 10.5. The molecule has 1 amide bonds. The van der Waals surface area contributed by atoms with Gasteiger partial charge in [-0.15, -0.1) is 0 Å². The van der Waals surface area contributed by atoms with Gasteiger partial charge in [-0.1, -0.05) is 29.8 Å². The average Bonchev–Trinajstić information content (AvgIpc) is 2.54. The van der Waals surface area contributed by atoms with Crippen LogP contribution in [0.25, 0.3) is 0 Å². The minimum atomic E-state index is -0.457. The molecule has 0 aliphatic carbocycles. The zero-order chi connectivity index (χ0) is 15.9. The molecular weight excluding hydrogens is 276 g/mol. The number of anilines is 1. The second kappa shape index (κ2) is 5.39. The normalized spacial score (nSPS) is 20.7. The zero-order valence-electron chi connectivity index (χ0n) is 12.7. The van der Waals surface area contributed by atoms with Crippen molar-refractivity contribution in [1.29, 1.82) is 0 Å². The van der Waals surface area contributed by atoms with Gasteiger partial charge in [-0.25, -0.2) is 0 Å². The second-order valence-corrected chi connectivity index (χ2v) is 5.77. The molecule has 0 bridgehead atoms. The van der Waals surface area contributed by atoms with Gasteiger partial charge in [-0.2, -0.15) is 0 Å². The summed E-state index contributed by atoms with van der Waals surface area (Å²) in [6.45, 7) is 3.81. The monoisotopic (exact) mass is 295 g/mol. The van der Waals surface area contributed by atoms with Gasteiger partial charge < -0.3 is 5.73 Å². The van der Waals surface area contributed by atoms with E-state index in [4.69, 9.17) is 0 Å². The van der Waals surface area contributed by atoms with Crippen LogP contribution in [0.15, 0.2) is 48.5 Å². The summed E-state index contributed by atoms with van der Waals surface area (Å²) in [6.07, 6.45) is 0. The Hall–Kier alpha value is -2.46. The fourth-order valence-corrected chi connectivity index (χ4v) is 2.89. The van der Waals surface area contributed by atoms with Gasteiger partial charge in [0.1, 0.15) is 0 Å². The lowest BCUT2D eigenvalue weighted by Gasteiger charge is -2.36. The van der Waals surface area contributed by atoms with Gasteiger partial charge in [0.25, 0.3) is 5.91 Å². The van der Waals surface area contributed by atoms with Gasteiger partial charge in [-0.3, -0.25) is 14.5 Å². The number of fused-ring (bicyclic) bond motifs is 1. The molecule has 0 spiro atoms. The lowest BCUT2D eigenvalue weighted by Crippen LogP contribution is -2.74. The molecule has 3 rings (SSSR count). The van der Waals surface area contributed by atoms with Crippen LogP contribution in [0.5, 0.6) is 0 Å². The lowest BCUT2D eigenvalue weighted by molar-refractivity contribution is -0.402. The number of carbonyl (C=O) groups excluding carboxylic acids is 2. The zero-order valence-corrected chi connectivity index (χ0v) is 12.7. The highest BCUT2D eigenvalue weighted by molar-refractivity contribution is 6.15. The van der Waals surface area contributed by atoms with Crippen molar-refractivity contribution in [3.63, 3.8) is 0 Å². The van der Waals surface area contributed by atoms with Crippen LogP contribution in [-0.2, 0) is 0 Å². The van der Waals surface area contributed by atoms with Crippen molar-refractivity contribution in [2.75, 3.05) is 4.90 Å². The molecule has 112 valence electrons. The van der Waals surface area contributed by atoms with Crippen molar-refractivity contribution in [2.45, 2.75) is 25.9 Å². The van der Waals surface area contributed by atoms with E-state index in [2.05, 4.69) is 5.73 Å². The smallest absolute Gasteiger partial charge is 0.258 e. The minimum absolute atomic E-state index is 0.00307. The molecule has 0 fully saturated rings. The summed E-state index contributed by atoms with van der Waals surface area (Å²) in [7, 11) is 0. The topological polar surface area (TPSA) is 65.0 Å². The molecule has 2 aromatic rings. The minimum Gasteiger partial charge on any atom is -0.347 e. The van der Waals surface area contributed by atoms with Crippen molar-refractivity contribution in [1.82, 2.24) is 0 Å². The van der Waals surface area contributed by atoms with E-state index in [0.717, 1.165) is 5.56 Å². The molecular formula is C18H19N2O2+. The van der Waals surface area contributed by atoms with Crippen LogP contribution in [0.3, 0.4) is 0 Å². The van der Waals surface area contributed by atoms with E-state index in [-0.39, 0.29) is 17.7 Å². The van der Waals surface area contributed by atoms with E-state index in [0.29, 0.717) is 16.8 Å². The molecule has 22 heavy (non-hydrogen) atoms. The Labute approximate surface area is 129 Å². The standard InChI is InChI=1S/C18H18N2O2/c1-11-8-9-15-14(10-11)17(21)16(19)12(2)20(15)18(22)13-6-4-3-5-7-13/h3-10,12,16H,19H2,1-2H3/p+1. The first-order valence-corrected chi connectivity index (χ1v) is 7.37. The fraction of sp³-hybridized carbons (Fsp3) is 0.222. The molecule has 0 saturated carbocycles. The van der Waals surface area contributed by atoms with Crippen LogP contribution in [0.1, 0.15) is 33.2 Å². The third-order valence-electron chi connectivity index (χ3n) is 4.24. The van der Waals surface area contributed by atoms with Gasteiger partial charge in [0.15, 0.2) is 6.04 Å². The SMILES string of the molecule is Cc1ccc2c(c1)C(=O)C([NH3+])C(C)N2C(=O)c1ccccc1. The van der Waals surface area contributed by atoms with Crippen molar-refractivity contribution >= 4 is 17.4 Å². The maximum absolute atomic E-state index is 12.9. The number of Topliss-reactive ketones (excluding diaryl/α,β-unsaturated/α-hetero) is 1. The third-order valence-corrected chi connectivity index (χ3v) is 4.24. The largest absolute Gasteiger partial charge is 0.347 e. The number of aryl methyl sites for hydroxylation is 1. The van der Waals surface area contributed by atoms with Crippen LogP contribution < -0.4 is 10.6 Å². The molecule has 3 N–H and O–H groups in total. The predicted octanol–water partition coefficient (Wildman–Crippen LogP) is 1.84. The number of rotatable bonds is 1. The van der Waals surface area contributed by atoms with Gasteiger partial charge >= 0.3 is 0 Å². The van der Waals surface area contributed by atoms with E-state index >= 15 is 0 Å². The number of nitrogens with zero attached hydrogens (tertiary/aromatic N) is 1. The van der Waals surface area contributed by atoms with Crippen LogP contribution in [0.2, 0.25) is 0 Å². The summed E-state index contributed by atoms with van der Waals surface area (Å²) < 4.78 is 0. The van der Waals surface area contributed by atoms with Gasteiger partial charge in [0.2, 0.25) is 5.78 Å². The highest BCUT2D eigenvalue weighted by Gasteiger charge is 2.41. The number of ketones is 1. The van der Waals surface area contributed by atoms with Crippen molar-refractivity contribution < 1.29 is 15.3 Å². The average molecular weight is 295 g/mol. The number of carbonyl (C=O) groups is 2. The third kappa shape index (κ3) is 2.22. The summed E-state index contributed by atoms with van der Waals surface area (Å²) in [6, 6.07) is 14.0. The van der Waals surface area contributed by atoms with Crippen LogP contribution in [0.4, 0.5) is 5.69 Å². The van der Waals surface area contributed by atoms with E-state index < -0.39 is 6.04 Å². The molecule has 2 unspecified atom stereocenters. The predicted molar refractivity (Wildman–Crippen MR) is 84.9 cm³/mol. The Kier molecular flexibility index (Phi) is 3.54. The quantitative estimate of drug-likeness (QED) is 0.872. The number of amides is 1. The molecule has 2 aromatic carbocycles. The van der Waals surface area contributed by atoms with E-state index in [1.807, 2.05) is 50.2 Å². The molecule has 1 aliphatic rings. The van der Waals surface area contributed by atoms with E-state index in [9.17, 15) is 9.59 Å². The molecule has 0 saturated heterocycles. The number of hydrogen-bond acceptors (Lipinski definition) is 2. The molecule has 4 nitrogen and oxygen atoms in total. The molecule has 0 aromatic heterocycles. The maximum atomic E-state index is 12.9. The Balaban J connectivity index is 2.13.